The number of ether oxygens (including phenoxy) is 2. The molecule has 82 heavy (non-hydrogen) atoms. The summed E-state index contributed by atoms with van der Waals surface area (Å²) in [5.74, 6) is -0.821. The standard InChI is InChI=1S/C72H134NO8P/c1-3-5-7-9-11-13-15-17-19-21-23-25-27-29-30-31-32-33-34-35-36-37-38-39-41-42-44-46-48-50-52-54-56-58-60-62-64-71(74)78-68-70(69-80-82(76,77)79-67-66-73)81-72(75)65-63-61-59-57-55-53-51-49-47-45-43-40-28-26-24-22-20-18-16-14-12-10-8-6-4-2/h6,8,12,14,18,20,24,26,40,43,70H,3-5,7,9-11,13,15-17,19,21-23,25,27-39,41-42,44-69,73H2,1-2H3,(H,76,77)/b8-6-,14-12-,20-18-,26-24-,43-40-. The summed E-state index contributed by atoms with van der Waals surface area (Å²) < 4.78 is 33.2. The molecule has 0 radical (unpaired) electrons. The van der Waals surface area contributed by atoms with Gasteiger partial charge in [0.05, 0.1) is 13.2 Å². The maximum atomic E-state index is 12.7. The summed E-state index contributed by atoms with van der Waals surface area (Å²) in [6, 6.07) is 0. The van der Waals surface area contributed by atoms with Gasteiger partial charge in [-0.05, 0) is 57.8 Å². The van der Waals surface area contributed by atoms with Gasteiger partial charge in [0.15, 0.2) is 6.10 Å². The molecule has 0 spiro atoms. The van der Waals surface area contributed by atoms with Crippen LogP contribution in [-0.2, 0) is 32.7 Å². The first-order chi connectivity index (χ1) is 40.3. The van der Waals surface area contributed by atoms with E-state index < -0.39 is 26.5 Å². The van der Waals surface area contributed by atoms with E-state index in [1.165, 1.54) is 244 Å². The van der Waals surface area contributed by atoms with Crippen molar-refractivity contribution < 1.29 is 37.6 Å². The smallest absolute Gasteiger partial charge is 0.462 e. The summed E-state index contributed by atoms with van der Waals surface area (Å²) in [6.07, 6.45) is 87.6. The van der Waals surface area contributed by atoms with Crippen molar-refractivity contribution >= 4 is 19.8 Å². The van der Waals surface area contributed by atoms with E-state index in [9.17, 15) is 19.0 Å². The van der Waals surface area contributed by atoms with Gasteiger partial charge in [0.25, 0.3) is 0 Å². The van der Waals surface area contributed by atoms with Crippen LogP contribution in [0.4, 0.5) is 0 Å². The van der Waals surface area contributed by atoms with Gasteiger partial charge < -0.3 is 20.1 Å². The first kappa shape index (κ1) is 79.7. The Labute approximate surface area is 508 Å². The van der Waals surface area contributed by atoms with E-state index in [0.29, 0.717) is 6.42 Å². The second-order valence-electron chi connectivity index (χ2n) is 23.7. The molecule has 3 N–H and O–H groups in total. The van der Waals surface area contributed by atoms with Gasteiger partial charge in [0.2, 0.25) is 0 Å². The van der Waals surface area contributed by atoms with E-state index in [1.54, 1.807) is 0 Å². The normalized spacial score (nSPS) is 13.3. The molecule has 0 aromatic carbocycles. The fraction of sp³-hybridized carbons (Fsp3) is 0.833. The number of allylic oxidation sites excluding steroid dienone is 10. The van der Waals surface area contributed by atoms with Crippen LogP contribution < -0.4 is 5.73 Å². The average molecular weight is 1170 g/mol. The summed E-state index contributed by atoms with van der Waals surface area (Å²) in [4.78, 5) is 35.3. The molecule has 0 bridgehead atoms. The fourth-order valence-electron chi connectivity index (χ4n) is 10.5. The Morgan fingerprint density at radius 1 is 0.378 bits per heavy atom. The van der Waals surface area contributed by atoms with E-state index in [4.69, 9.17) is 24.3 Å². The van der Waals surface area contributed by atoms with Gasteiger partial charge in [-0.25, -0.2) is 4.57 Å². The first-order valence-electron chi connectivity index (χ1n) is 35.3. The van der Waals surface area contributed by atoms with Gasteiger partial charge in [-0.3, -0.25) is 18.6 Å². The van der Waals surface area contributed by atoms with Crippen molar-refractivity contribution in [3.63, 3.8) is 0 Å². The number of carbonyl (C=O) groups excluding carboxylic acids is 2. The molecule has 0 saturated heterocycles. The first-order valence-corrected chi connectivity index (χ1v) is 36.8. The number of phosphoric acid groups is 1. The Morgan fingerprint density at radius 2 is 0.671 bits per heavy atom. The lowest BCUT2D eigenvalue weighted by Gasteiger charge is -2.19. The minimum atomic E-state index is -4.40. The molecule has 480 valence electrons. The van der Waals surface area contributed by atoms with E-state index in [1.807, 2.05) is 0 Å². The van der Waals surface area contributed by atoms with Crippen LogP contribution in [-0.4, -0.2) is 49.3 Å². The number of phosphoric ester groups is 1. The number of rotatable bonds is 67. The second-order valence-corrected chi connectivity index (χ2v) is 25.2. The number of carbonyl (C=O) groups is 2. The molecular weight excluding hydrogens is 1040 g/mol. The van der Waals surface area contributed by atoms with Gasteiger partial charge in [-0.2, -0.15) is 0 Å². The van der Waals surface area contributed by atoms with Crippen molar-refractivity contribution in [2.24, 2.45) is 5.73 Å². The molecule has 0 fully saturated rings. The molecule has 0 aromatic heterocycles. The molecular formula is C72H134NO8P. The topological polar surface area (TPSA) is 134 Å². The number of hydrogen-bond donors (Lipinski definition) is 2. The molecule has 10 heteroatoms. The summed E-state index contributed by atoms with van der Waals surface area (Å²) >= 11 is 0. The van der Waals surface area contributed by atoms with Crippen molar-refractivity contribution in [3.05, 3.63) is 60.8 Å². The van der Waals surface area contributed by atoms with Crippen LogP contribution >= 0.6 is 7.82 Å². The Hall–Kier alpha value is -2.29. The van der Waals surface area contributed by atoms with Crippen LogP contribution in [0.2, 0.25) is 0 Å². The Morgan fingerprint density at radius 3 is 1.00 bits per heavy atom. The summed E-state index contributed by atoms with van der Waals surface area (Å²) in [7, 11) is -4.40. The van der Waals surface area contributed by atoms with Crippen molar-refractivity contribution in [1.82, 2.24) is 0 Å². The zero-order valence-electron chi connectivity index (χ0n) is 54.0. The van der Waals surface area contributed by atoms with Gasteiger partial charge in [-0.15, -0.1) is 0 Å². The zero-order valence-corrected chi connectivity index (χ0v) is 54.9. The highest BCUT2D eigenvalue weighted by atomic mass is 31.2. The molecule has 0 saturated carbocycles. The molecule has 0 aromatic rings. The lowest BCUT2D eigenvalue weighted by Crippen LogP contribution is -2.29. The second kappa shape index (κ2) is 67.8. The van der Waals surface area contributed by atoms with E-state index in [0.717, 1.165) is 77.0 Å². The minimum Gasteiger partial charge on any atom is -0.462 e. The molecule has 9 nitrogen and oxygen atoms in total. The van der Waals surface area contributed by atoms with E-state index in [2.05, 4.69) is 74.6 Å². The van der Waals surface area contributed by atoms with Crippen LogP contribution in [0, 0.1) is 0 Å². The molecule has 0 rings (SSSR count). The Balaban J connectivity index is 3.81. The van der Waals surface area contributed by atoms with Crippen LogP contribution in [0.3, 0.4) is 0 Å². The number of nitrogens with two attached hydrogens (primary N) is 1. The lowest BCUT2D eigenvalue weighted by atomic mass is 10.0. The van der Waals surface area contributed by atoms with Gasteiger partial charge in [0, 0.05) is 19.4 Å². The molecule has 0 aliphatic carbocycles. The average Bonchev–Trinajstić information content (AvgIpc) is 3.47. The fourth-order valence-corrected chi connectivity index (χ4v) is 11.3. The van der Waals surface area contributed by atoms with Crippen LogP contribution in [0.1, 0.15) is 354 Å². The molecule has 2 atom stereocenters. The van der Waals surface area contributed by atoms with Crippen molar-refractivity contribution in [3.8, 4) is 0 Å². The highest BCUT2D eigenvalue weighted by Gasteiger charge is 2.26. The Bertz CT molecular complexity index is 1530. The maximum Gasteiger partial charge on any atom is 0.472 e. The minimum absolute atomic E-state index is 0.0517. The van der Waals surface area contributed by atoms with Crippen molar-refractivity contribution in [2.75, 3.05) is 26.4 Å². The summed E-state index contributed by atoms with van der Waals surface area (Å²) in [5, 5.41) is 0. The third-order valence-electron chi connectivity index (χ3n) is 15.7. The molecule has 0 aliphatic heterocycles. The maximum absolute atomic E-state index is 12.7. The zero-order chi connectivity index (χ0) is 59.4. The van der Waals surface area contributed by atoms with Crippen molar-refractivity contribution in [1.29, 1.82) is 0 Å². The van der Waals surface area contributed by atoms with Crippen LogP contribution in [0.25, 0.3) is 0 Å². The van der Waals surface area contributed by atoms with Crippen molar-refractivity contribution in [2.45, 2.75) is 360 Å². The van der Waals surface area contributed by atoms with Crippen LogP contribution in [0.15, 0.2) is 60.8 Å². The van der Waals surface area contributed by atoms with E-state index in [-0.39, 0.29) is 38.6 Å². The van der Waals surface area contributed by atoms with Gasteiger partial charge in [0.1, 0.15) is 6.61 Å². The molecule has 0 heterocycles. The molecule has 2 unspecified atom stereocenters. The Kier molecular flexibility index (Phi) is 65.9. The number of unbranched alkanes of at least 4 members (excludes halogenated alkanes) is 44. The van der Waals surface area contributed by atoms with Crippen LogP contribution in [0.5, 0.6) is 0 Å². The largest absolute Gasteiger partial charge is 0.472 e. The predicted octanol–water partition coefficient (Wildman–Crippen LogP) is 23.0. The predicted molar refractivity (Wildman–Crippen MR) is 353 cm³/mol. The third kappa shape index (κ3) is 66.8. The number of hydrogen-bond acceptors (Lipinski definition) is 8. The SMILES string of the molecule is CC/C=C\C/C=C\C/C=C\C/C=C\C/C=C\CCCCCCCCCCCC(=O)OC(COC(=O)CCCCCCCCCCCCCCCCCCCCCCCCCCCCCCCCCCCCCC)COP(=O)(O)OCCN. The quantitative estimate of drug-likeness (QED) is 0.0264. The summed E-state index contributed by atoms with van der Waals surface area (Å²) in [6.45, 7) is 3.68. The molecule has 0 amide bonds. The van der Waals surface area contributed by atoms with Gasteiger partial charge >= 0.3 is 19.8 Å². The highest BCUT2D eigenvalue weighted by molar-refractivity contribution is 7.47. The van der Waals surface area contributed by atoms with Gasteiger partial charge in [-0.1, -0.05) is 344 Å². The lowest BCUT2D eigenvalue weighted by molar-refractivity contribution is -0.161. The third-order valence-corrected chi connectivity index (χ3v) is 16.7. The summed E-state index contributed by atoms with van der Waals surface area (Å²) in [5.41, 5.74) is 5.40. The monoisotopic (exact) mass is 1170 g/mol. The molecule has 0 aliphatic rings. The van der Waals surface area contributed by atoms with E-state index >= 15 is 0 Å². The highest BCUT2D eigenvalue weighted by Crippen LogP contribution is 2.43. The number of esters is 2.